The monoisotopic (exact) mass is 138 g/mol. The standard InChI is InChI=1S/C7H6OS/c1-3-8-5-7-6(1)2-4-9-7/h1-4H,5H2. The van der Waals surface area contributed by atoms with Crippen molar-refractivity contribution in [3.8, 4) is 0 Å². The summed E-state index contributed by atoms with van der Waals surface area (Å²) in [5.74, 6) is 0. The molecule has 0 atom stereocenters. The smallest absolute Gasteiger partial charge is 0.122 e. The molecule has 2 rings (SSSR count). The Morgan fingerprint density at radius 3 is 3.44 bits per heavy atom. The fraction of sp³-hybridized carbons (Fsp3) is 0.143. The second kappa shape index (κ2) is 1.88. The normalized spacial score (nSPS) is 14.7. The molecule has 2 heterocycles. The van der Waals surface area contributed by atoms with E-state index in [0.717, 1.165) is 6.61 Å². The van der Waals surface area contributed by atoms with E-state index in [9.17, 15) is 0 Å². The first-order valence-corrected chi connectivity index (χ1v) is 3.69. The molecule has 2 heteroatoms. The Bertz CT molecular complexity index is 237. The van der Waals surface area contributed by atoms with Gasteiger partial charge in [-0.25, -0.2) is 0 Å². The highest BCUT2D eigenvalue weighted by Crippen LogP contribution is 2.22. The largest absolute Gasteiger partial charge is 0.496 e. The van der Waals surface area contributed by atoms with Gasteiger partial charge in [0.2, 0.25) is 0 Å². The van der Waals surface area contributed by atoms with Crippen LogP contribution in [0.25, 0.3) is 6.08 Å². The summed E-state index contributed by atoms with van der Waals surface area (Å²) in [5.41, 5.74) is 1.31. The minimum absolute atomic E-state index is 0.753. The third-order valence-electron chi connectivity index (χ3n) is 1.34. The third-order valence-corrected chi connectivity index (χ3v) is 2.25. The maximum absolute atomic E-state index is 5.08. The highest BCUT2D eigenvalue weighted by molar-refractivity contribution is 7.10. The van der Waals surface area contributed by atoms with E-state index in [4.69, 9.17) is 4.74 Å². The van der Waals surface area contributed by atoms with Crippen LogP contribution in [0.3, 0.4) is 0 Å². The molecule has 0 radical (unpaired) electrons. The molecular weight excluding hydrogens is 132 g/mol. The van der Waals surface area contributed by atoms with Crippen LogP contribution in [-0.4, -0.2) is 0 Å². The maximum Gasteiger partial charge on any atom is 0.122 e. The summed E-state index contributed by atoms with van der Waals surface area (Å²) >= 11 is 1.75. The molecule has 9 heavy (non-hydrogen) atoms. The van der Waals surface area contributed by atoms with E-state index < -0.39 is 0 Å². The van der Waals surface area contributed by atoms with Gasteiger partial charge < -0.3 is 4.74 Å². The third kappa shape index (κ3) is 0.754. The fourth-order valence-corrected chi connectivity index (χ4v) is 1.65. The Hall–Kier alpha value is -0.760. The topological polar surface area (TPSA) is 9.23 Å². The predicted octanol–water partition coefficient (Wildman–Crippen LogP) is 2.25. The molecule has 0 N–H and O–H groups in total. The van der Waals surface area contributed by atoms with Gasteiger partial charge in [-0.2, -0.15) is 0 Å². The lowest BCUT2D eigenvalue weighted by Crippen LogP contribution is -1.89. The molecule has 0 unspecified atom stereocenters. The molecule has 0 aromatic carbocycles. The van der Waals surface area contributed by atoms with Gasteiger partial charge >= 0.3 is 0 Å². The molecule has 1 aromatic rings. The zero-order chi connectivity index (χ0) is 6.10. The summed E-state index contributed by atoms with van der Waals surface area (Å²) in [6.07, 6.45) is 3.74. The zero-order valence-electron chi connectivity index (χ0n) is 4.83. The van der Waals surface area contributed by atoms with Crippen LogP contribution in [0.2, 0.25) is 0 Å². The minimum atomic E-state index is 0.753. The molecule has 0 spiro atoms. The molecule has 0 fully saturated rings. The average molecular weight is 138 g/mol. The Morgan fingerprint density at radius 1 is 1.56 bits per heavy atom. The van der Waals surface area contributed by atoms with Crippen LogP contribution in [0.1, 0.15) is 10.4 Å². The van der Waals surface area contributed by atoms with E-state index in [-0.39, 0.29) is 0 Å². The fourth-order valence-electron chi connectivity index (χ4n) is 0.862. The quantitative estimate of drug-likeness (QED) is 0.534. The molecule has 1 nitrogen and oxygen atoms in total. The van der Waals surface area contributed by atoms with Crippen LogP contribution in [-0.2, 0) is 11.3 Å². The lowest BCUT2D eigenvalue weighted by atomic mass is 10.2. The van der Waals surface area contributed by atoms with Crippen molar-refractivity contribution in [2.45, 2.75) is 6.61 Å². The van der Waals surface area contributed by atoms with Crippen molar-refractivity contribution in [1.82, 2.24) is 0 Å². The summed E-state index contributed by atoms with van der Waals surface area (Å²) in [6, 6.07) is 2.11. The summed E-state index contributed by atoms with van der Waals surface area (Å²) < 4.78 is 5.08. The predicted molar refractivity (Wildman–Crippen MR) is 38.1 cm³/mol. The molecule has 1 aliphatic rings. The minimum Gasteiger partial charge on any atom is -0.496 e. The molecule has 0 saturated heterocycles. The lowest BCUT2D eigenvalue weighted by molar-refractivity contribution is 0.238. The molecule has 0 amide bonds. The molecule has 1 aliphatic heterocycles. The zero-order valence-corrected chi connectivity index (χ0v) is 5.65. The Balaban J connectivity index is 2.53. The van der Waals surface area contributed by atoms with E-state index in [0.29, 0.717) is 0 Å². The van der Waals surface area contributed by atoms with Gasteiger partial charge in [0.25, 0.3) is 0 Å². The molecule has 0 saturated carbocycles. The van der Waals surface area contributed by atoms with Crippen LogP contribution in [0.15, 0.2) is 17.7 Å². The number of ether oxygens (including phenoxy) is 1. The van der Waals surface area contributed by atoms with Gasteiger partial charge in [0.15, 0.2) is 0 Å². The summed E-state index contributed by atoms with van der Waals surface area (Å²) in [5, 5.41) is 2.09. The van der Waals surface area contributed by atoms with Gasteiger partial charge in [-0.15, -0.1) is 11.3 Å². The lowest BCUT2D eigenvalue weighted by Gasteiger charge is -2.04. The first-order chi connectivity index (χ1) is 4.47. The van der Waals surface area contributed by atoms with E-state index >= 15 is 0 Å². The first kappa shape index (κ1) is 5.06. The van der Waals surface area contributed by atoms with E-state index in [1.807, 2.05) is 6.08 Å². The van der Waals surface area contributed by atoms with Crippen LogP contribution >= 0.6 is 11.3 Å². The van der Waals surface area contributed by atoms with Crippen molar-refractivity contribution < 1.29 is 4.74 Å². The van der Waals surface area contributed by atoms with E-state index in [1.54, 1.807) is 17.6 Å². The van der Waals surface area contributed by atoms with Crippen molar-refractivity contribution >= 4 is 17.4 Å². The molecule has 0 aliphatic carbocycles. The van der Waals surface area contributed by atoms with Crippen molar-refractivity contribution in [2.24, 2.45) is 0 Å². The van der Waals surface area contributed by atoms with E-state index in [2.05, 4.69) is 11.4 Å². The number of hydrogen-bond donors (Lipinski definition) is 0. The second-order valence-corrected chi connectivity index (χ2v) is 2.91. The average Bonchev–Trinajstić information content (AvgIpc) is 2.33. The summed E-state index contributed by atoms with van der Waals surface area (Å²) in [6.45, 7) is 0.753. The molecule has 1 aromatic heterocycles. The number of rotatable bonds is 0. The second-order valence-electron chi connectivity index (χ2n) is 1.91. The van der Waals surface area contributed by atoms with Crippen LogP contribution in [0, 0.1) is 0 Å². The first-order valence-electron chi connectivity index (χ1n) is 2.81. The molecular formula is C7H6OS. The Labute approximate surface area is 57.6 Å². The maximum atomic E-state index is 5.08. The Morgan fingerprint density at radius 2 is 2.56 bits per heavy atom. The Kier molecular flexibility index (Phi) is 1.06. The highest BCUT2D eigenvalue weighted by atomic mass is 32.1. The highest BCUT2D eigenvalue weighted by Gasteiger charge is 2.03. The summed E-state index contributed by atoms with van der Waals surface area (Å²) in [7, 11) is 0. The van der Waals surface area contributed by atoms with E-state index in [1.165, 1.54) is 10.4 Å². The van der Waals surface area contributed by atoms with Gasteiger partial charge in [0.1, 0.15) is 6.61 Å². The number of fused-ring (bicyclic) bond motifs is 1. The van der Waals surface area contributed by atoms with Crippen molar-refractivity contribution in [3.63, 3.8) is 0 Å². The van der Waals surface area contributed by atoms with Crippen LogP contribution in [0.5, 0.6) is 0 Å². The van der Waals surface area contributed by atoms with Crippen LogP contribution in [0.4, 0.5) is 0 Å². The number of hydrogen-bond acceptors (Lipinski definition) is 2. The number of thiophene rings is 1. The molecule has 46 valence electrons. The van der Waals surface area contributed by atoms with Crippen LogP contribution < -0.4 is 0 Å². The van der Waals surface area contributed by atoms with Gasteiger partial charge in [0, 0.05) is 4.88 Å². The van der Waals surface area contributed by atoms with Crippen molar-refractivity contribution in [2.75, 3.05) is 0 Å². The molecule has 0 bridgehead atoms. The van der Waals surface area contributed by atoms with Gasteiger partial charge in [0.05, 0.1) is 6.26 Å². The van der Waals surface area contributed by atoms with Gasteiger partial charge in [-0.3, -0.25) is 0 Å². The van der Waals surface area contributed by atoms with Crippen molar-refractivity contribution in [3.05, 3.63) is 28.1 Å². The van der Waals surface area contributed by atoms with Gasteiger partial charge in [-0.1, -0.05) is 0 Å². The summed E-state index contributed by atoms with van der Waals surface area (Å²) in [4.78, 5) is 1.33. The SMILES string of the molecule is C1=Cc2ccsc2CO1. The van der Waals surface area contributed by atoms with Crippen molar-refractivity contribution in [1.29, 1.82) is 0 Å². The van der Waals surface area contributed by atoms with Gasteiger partial charge in [-0.05, 0) is 23.1 Å².